The molecule has 0 radical (unpaired) electrons. The van der Waals surface area contributed by atoms with E-state index < -0.39 is 4.92 Å². The Kier molecular flexibility index (Phi) is 4.88. The van der Waals surface area contributed by atoms with Gasteiger partial charge in [-0.25, -0.2) is 0 Å². The largest absolute Gasteiger partial charge is 0.349 e. The molecule has 0 aliphatic rings. The van der Waals surface area contributed by atoms with Crippen molar-refractivity contribution in [2.45, 2.75) is 26.3 Å². The molecule has 0 fully saturated rings. The van der Waals surface area contributed by atoms with Crippen molar-refractivity contribution >= 4 is 11.6 Å². The maximum atomic E-state index is 12.2. The van der Waals surface area contributed by atoms with Gasteiger partial charge >= 0.3 is 0 Å². The van der Waals surface area contributed by atoms with Crippen molar-refractivity contribution < 1.29 is 9.72 Å². The predicted molar refractivity (Wildman–Crippen MR) is 84.9 cm³/mol. The molecule has 1 unspecified atom stereocenters. The molecule has 0 spiro atoms. The third kappa shape index (κ3) is 3.91. The highest BCUT2D eigenvalue weighted by molar-refractivity contribution is 5.94. The molecule has 0 saturated heterocycles. The number of nitrogens with one attached hydrogen (secondary N) is 1. The number of amides is 1. The molecular formula is C17H18N2O3. The topological polar surface area (TPSA) is 72.2 Å². The van der Waals surface area contributed by atoms with Gasteiger partial charge in [-0.1, -0.05) is 30.3 Å². The Bertz CT molecular complexity index is 684. The van der Waals surface area contributed by atoms with E-state index in [9.17, 15) is 14.9 Å². The molecule has 0 saturated carbocycles. The molecule has 2 aromatic carbocycles. The van der Waals surface area contributed by atoms with Crippen LogP contribution in [0.15, 0.2) is 48.5 Å². The van der Waals surface area contributed by atoms with Crippen LogP contribution in [0.5, 0.6) is 0 Å². The highest BCUT2D eigenvalue weighted by Gasteiger charge is 2.15. The summed E-state index contributed by atoms with van der Waals surface area (Å²) in [4.78, 5) is 22.5. The van der Waals surface area contributed by atoms with E-state index in [2.05, 4.69) is 5.32 Å². The summed E-state index contributed by atoms with van der Waals surface area (Å²) in [5.74, 6) is -0.221. The van der Waals surface area contributed by atoms with Crippen molar-refractivity contribution in [1.29, 1.82) is 0 Å². The van der Waals surface area contributed by atoms with E-state index in [-0.39, 0.29) is 17.6 Å². The van der Waals surface area contributed by atoms with Crippen LogP contribution >= 0.6 is 0 Å². The van der Waals surface area contributed by atoms with Crippen molar-refractivity contribution in [3.63, 3.8) is 0 Å². The van der Waals surface area contributed by atoms with E-state index >= 15 is 0 Å². The second-order valence-electron chi connectivity index (χ2n) is 5.32. The molecule has 5 nitrogen and oxygen atoms in total. The Hall–Kier alpha value is -2.69. The third-order valence-corrected chi connectivity index (χ3v) is 3.42. The number of hydrogen-bond acceptors (Lipinski definition) is 3. The summed E-state index contributed by atoms with van der Waals surface area (Å²) in [5, 5.41) is 13.7. The van der Waals surface area contributed by atoms with Crippen molar-refractivity contribution in [2.75, 3.05) is 0 Å². The maximum Gasteiger partial charge on any atom is 0.272 e. The quantitative estimate of drug-likeness (QED) is 0.680. The molecule has 1 atom stereocenters. The zero-order valence-corrected chi connectivity index (χ0v) is 12.6. The summed E-state index contributed by atoms with van der Waals surface area (Å²) in [6.45, 7) is 3.56. The van der Waals surface area contributed by atoms with Gasteiger partial charge in [-0.15, -0.1) is 0 Å². The Morgan fingerprint density at radius 3 is 2.50 bits per heavy atom. The first-order valence-electron chi connectivity index (χ1n) is 7.07. The van der Waals surface area contributed by atoms with Gasteiger partial charge in [0.1, 0.15) is 0 Å². The Labute approximate surface area is 129 Å². The summed E-state index contributed by atoms with van der Waals surface area (Å²) in [5.41, 5.74) is 2.08. The first-order chi connectivity index (χ1) is 10.5. The van der Waals surface area contributed by atoms with Gasteiger partial charge in [-0.05, 0) is 38.0 Å². The lowest BCUT2D eigenvalue weighted by molar-refractivity contribution is -0.385. The molecule has 0 bridgehead atoms. The van der Waals surface area contributed by atoms with E-state index in [4.69, 9.17) is 0 Å². The lowest BCUT2D eigenvalue weighted by atomic mass is 10.1. The minimum atomic E-state index is -0.449. The average molecular weight is 298 g/mol. The molecule has 1 N–H and O–H groups in total. The zero-order valence-electron chi connectivity index (χ0n) is 12.6. The number of nitrogens with zero attached hydrogens (tertiary/aromatic N) is 1. The Morgan fingerprint density at radius 2 is 1.91 bits per heavy atom. The summed E-state index contributed by atoms with van der Waals surface area (Å²) >= 11 is 0. The lowest BCUT2D eigenvalue weighted by Crippen LogP contribution is -2.34. The summed E-state index contributed by atoms with van der Waals surface area (Å²) < 4.78 is 0. The molecule has 0 aliphatic carbocycles. The Morgan fingerprint density at radius 1 is 1.23 bits per heavy atom. The minimum Gasteiger partial charge on any atom is -0.349 e. The molecule has 0 aliphatic heterocycles. The van der Waals surface area contributed by atoms with E-state index in [1.54, 1.807) is 13.0 Å². The first-order valence-corrected chi connectivity index (χ1v) is 7.07. The van der Waals surface area contributed by atoms with E-state index in [0.717, 1.165) is 12.0 Å². The van der Waals surface area contributed by atoms with Crippen LogP contribution in [0.25, 0.3) is 0 Å². The second-order valence-corrected chi connectivity index (χ2v) is 5.32. The zero-order chi connectivity index (χ0) is 16.1. The maximum absolute atomic E-state index is 12.2. The standard InChI is InChI=1S/C17H18N2O3/c1-12-10-15(8-9-16(12)19(21)22)17(20)18-13(2)11-14-6-4-3-5-7-14/h3-10,13H,11H2,1-2H3,(H,18,20). The molecule has 2 rings (SSSR count). The van der Waals surface area contributed by atoms with Crippen molar-refractivity contribution in [2.24, 2.45) is 0 Å². The first kappa shape index (κ1) is 15.7. The number of hydrogen-bond donors (Lipinski definition) is 1. The van der Waals surface area contributed by atoms with Crippen LogP contribution in [0.2, 0.25) is 0 Å². The van der Waals surface area contributed by atoms with Crippen LogP contribution in [0.4, 0.5) is 5.69 Å². The van der Waals surface area contributed by atoms with Crippen LogP contribution in [0.1, 0.15) is 28.4 Å². The second kappa shape index (κ2) is 6.85. The van der Waals surface area contributed by atoms with E-state index in [1.807, 2.05) is 37.3 Å². The highest BCUT2D eigenvalue weighted by Crippen LogP contribution is 2.18. The van der Waals surface area contributed by atoms with Crippen LogP contribution in [-0.4, -0.2) is 16.9 Å². The average Bonchev–Trinajstić information content (AvgIpc) is 2.47. The van der Waals surface area contributed by atoms with Crippen molar-refractivity contribution in [3.8, 4) is 0 Å². The lowest BCUT2D eigenvalue weighted by Gasteiger charge is -2.14. The highest BCUT2D eigenvalue weighted by atomic mass is 16.6. The van der Waals surface area contributed by atoms with Gasteiger partial charge in [0, 0.05) is 23.2 Å². The van der Waals surface area contributed by atoms with Gasteiger partial charge < -0.3 is 5.32 Å². The predicted octanol–water partition coefficient (Wildman–Crippen LogP) is 3.26. The summed E-state index contributed by atoms with van der Waals surface area (Å²) in [6, 6.07) is 14.3. The third-order valence-electron chi connectivity index (χ3n) is 3.42. The number of carbonyl (C=O) groups excluding carboxylic acids is 1. The SMILES string of the molecule is Cc1cc(C(=O)NC(C)Cc2ccccc2)ccc1[N+](=O)[O-]. The summed E-state index contributed by atoms with van der Waals surface area (Å²) in [6.07, 6.45) is 0.735. The number of rotatable bonds is 5. The molecule has 5 heteroatoms. The molecule has 1 amide bonds. The van der Waals surface area contributed by atoms with Gasteiger partial charge in [0.15, 0.2) is 0 Å². The minimum absolute atomic E-state index is 0.0221. The van der Waals surface area contributed by atoms with Gasteiger partial charge in [0.25, 0.3) is 11.6 Å². The van der Waals surface area contributed by atoms with Gasteiger partial charge in [0.05, 0.1) is 4.92 Å². The van der Waals surface area contributed by atoms with E-state index in [1.165, 1.54) is 12.1 Å². The molecule has 114 valence electrons. The number of aryl methyl sites for hydroxylation is 1. The number of carbonyl (C=O) groups is 1. The molecule has 0 aromatic heterocycles. The van der Waals surface area contributed by atoms with Gasteiger partial charge in [-0.2, -0.15) is 0 Å². The monoisotopic (exact) mass is 298 g/mol. The fourth-order valence-corrected chi connectivity index (χ4v) is 2.33. The normalized spacial score (nSPS) is 11.7. The fraction of sp³-hybridized carbons (Fsp3) is 0.235. The van der Waals surface area contributed by atoms with E-state index in [0.29, 0.717) is 11.1 Å². The number of nitro groups is 1. The van der Waals surface area contributed by atoms with Crippen LogP contribution in [0, 0.1) is 17.0 Å². The molecular weight excluding hydrogens is 280 g/mol. The van der Waals surface area contributed by atoms with Crippen LogP contribution in [0.3, 0.4) is 0 Å². The van der Waals surface area contributed by atoms with Gasteiger partial charge in [0.2, 0.25) is 0 Å². The Balaban J connectivity index is 2.03. The molecule has 0 heterocycles. The van der Waals surface area contributed by atoms with Crippen LogP contribution < -0.4 is 5.32 Å². The van der Waals surface area contributed by atoms with Gasteiger partial charge in [-0.3, -0.25) is 14.9 Å². The fourth-order valence-electron chi connectivity index (χ4n) is 2.33. The number of nitro benzene ring substituents is 1. The smallest absolute Gasteiger partial charge is 0.272 e. The van der Waals surface area contributed by atoms with Crippen molar-refractivity contribution in [1.82, 2.24) is 5.32 Å². The van der Waals surface area contributed by atoms with Crippen LogP contribution in [-0.2, 0) is 6.42 Å². The summed E-state index contributed by atoms with van der Waals surface area (Å²) in [7, 11) is 0. The van der Waals surface area contributed by atoms with Crippen molar-refractivity contribution in [3.05, 3.63) is 75.3 Å². The molecule has 22 heavy (non-hydrogen) atoms. The molecule has 2 aromatic rings. The number of benzene rings is 2.